The van der Waals surface area contributed by atoms with Crippen molar-refractivity contribution in [2.75, 3.05) is 42.7 Å². The third-order valence-electron chi connectivity index (χ3n) is 2.59. The van der Waals surface area contributed by atoms with Crippen LogP contribution in [0.3, 0.4) is 0 Å². The van der Waals surface area contributed by atoms with Crippen molar-refractivity contribution in [1.82, 2.24) is 0 Å². The lowest BCUT2D eigenvalue weighted by atomic mass is 10.1. The van der Waals surface area contributed by atoms with Crippen molar-refractivity contribution >= 4 is 0 Å². The molecule has 97 valence electrons. The highest BCUT2D eigenvalue weighted by atomic mass is 16.8. The molecule has 0 fully saturated rings. The first-order valence-electron chi connectivity index (χ1n) is 4.67. The Morgan fingerprint density at radius 2 is 1.06 bits per heavy atom. The molecule has 0 amide bonds. The van der Waals surface area contributed by atoms with Gasteiger partial charge in [0.2, 0.25) is 5.79 Å². The molecule has 0 aromatic carbocycles. The van der Waals surface area contributed by atoms with Gasteiger partial charge in [-0.1, -0.05) is 0 Å². The average molecular weight is 237 g/mol. The Morgan fingerprint density at radius 3 is 1.25 bits per heavy atom. The van der Waals surface area contributed by atoms with Gasteiger partial charge in [-0.05, 0) is 6.92 Å². The van der Waals surface area contributed by atoms with Gasteiger partial charge in [-0.3, -0.25) is 0 Å². The molecule has 0 rings (SSSR count). The van der Waals surface area contributed by atoms with E-state index in [1.807, 2.05) is 0 Å². The van der Waals surface area contributed by atoms with E-state index in [9.17, 15) is 0 Å². The van der Waals surface area contributed by atoms with Gasteiger partial charge in [0.05, 0.1) is 0 Å². The Hall–Kier alpha value is -0.240. The Balaban J connectivity index is 5.36. The molecule has 0 heterocycles. The molecule has 0 unspecified atom stereocenters. The van der Waals surface area contributed by atoms with Crippen LogP contribution in [0.1, 0.15) is 6.92 Å². The molecule has 6 heteroatoms. The van der Waals surface area contributed by atoms with Gasteiger partial charge in [-0.15, -0.1) is 0 Å². The summed E-state index contributed by atoms with van der Waals surface area (Å²) < 4.78 is 31.3. The molecule has 16 heavy (non-hydrogen) atoms. The van der Waals surface area contributed by atoms with Gasteiger partial charge in [0, 0.05) is 42.7 Å². The highest BCUT2D eigenvalue weighted by molar-refractivity contribution is 4.98. The summed E-state index contributed by atoms with van der Waals surface area (Å²) in [5.74, 6) is -2.63. The molecule has 0 spiro atoms. The molecule has 0 aliphatic rings. The normalized spacial score (nSPS) is 13.5. The third-order valence-corrected chi connectivity index (χ3v) is 2.59. The molecule has 0 atom stereocenters. The van der Waals surface area contributed by atoms with Crippen molar-refractivity contribution in [3.63, 3.8) is 0 Å². The van der Waals surface area contributed by atoms with Crippen LogP contribution in [0.25, 0.3) is 0 Å². The van der Waals surface area contributed by atoms with E-state index in [4.69, 9.17) is 28.4 Å². The topological polar surface area (TPSA) is 55.4 Å². The minimum Gasteiger partial charge on any atom is -0.349 e. The van der Waals surface area contributed by atoms with Crippen molar-refractivity contribution < 1.29 is 28.4 Å². The fourth-order valence-corrected chi connectivity index (χ4v) is 1.51. The third kappa shape index (κ3) is 2.37. The van der Waals surface area contributed by atoms with E-state index in [0.29, 0.717) is 0 Å². The summed E-state index contributed by atoms with van der Waals surface area (Å²) in [7, 11) is 8.71. The van der Waals surface area contributed by atoms with Gasteiger partial charge in [-0.2, -0.15) is 0 Å². The molecule has 0 saturated heterocycles. The molecule has 6 nitrogen and oxygen atoms in total. The number of hydrogen-bond donors (Lipinski definition) is 0. The Labute approximate surface area is 96.7 Å². The molecule has 0 saturated carbocycles. The number of ether oxygens (including phenoxy) is 6. The second-order valence-corrected chi connectivity index (χ2v) is 3.07. The van der Waals surface area contributed by atoms with Crippen molar-refractivity contribution in [3.8, 4) is 0 Å². The summed E-state index contributed by atoms with van der Waals surface area (Å²) in [5, 5.41) is 0. The molecule has 0 aromatic heterocycles. The quantitative estimate of drug-likeness (QED) is 0.581. The smallest absolute Gasteiger partial charge is 0.291 e. The molecule has 0 aliphatic carbocycles. The lowest BCUT2D eigenvalue weighted by molar-refractivity contribution is -0.404. The summed E-state index contributed by atoms with van der Waals surface area (Å²) in [4.78, 5) is 0. The van der Waals surface area contributed by atoms with Crippen LogP contribution in [0.4, 0.5) is 0 Å². The minimum absolute atomic E-state index is 0.101. The van der Waals surface area contributed by atoms with E-state index >= 15 is 0 Å². The van der Waals surface area contributed by atoms with Crippen LogP contribution in [-0.4, -0.2) is 54.2 Å². The van der Waals surface area contributed by atoms with Crippen LogP contribution in [0, 0.1) is 6.29 Å². The van der Waals surface area contributed by atoms with E-state index in [-0.39, 0.29) is 6.29 Å². The van der Waals surface area contributed by atoms with E-state index in [1.54, 1.807) is 6.92 Å². The van der Waals surface area contributed by atoms with Crippen LogP contribution in [0.2, 0.25) is 0 Å². The molecule has 0 bridgehead atoms. The number of methoxy groups -OCH3 is 6. The van der Waals surface area contributed by atoms with E-state index in [2.05, 4.69) is 0 Å². The largest absolute Gasteiger partial charge is 0.349 e. The Kier molecular flexibility index (Phi) is 6.39. The second kappa shape index (κ2) is 6.48. The van der Waals surface area contributed by atoms with E-state index < -0.39 is 11.6 Å². The molecular formula is C10H21O6. The number of rotatable bonds is 8. The number of hydrogen-bond acceptors (Lipinski definition) is 6. The molecule has 0 aromatic rings. The van der Waals surface area contributed by atoms with Crippen molar-refractivity contribution in [2.24, 2.45) is 0 Å². The van der Waals surface area contributed by atoms with Gasteiger partial charge in [0.1, 0.15) is 0 Å². The first-order valence-corrected chi connectivity index (χ1v) is 4.67. The SMILES string of the molecule is CO[C](OC)C(OC)(OC)C(C)(OC)OC. The van der Waals surface area contributed by atoms with Crippen molar-refractivity contribution in [2.45, 2.75) is 18.5 Å². The monoisotopic (exact) mass is 237 g/mol. The summed E-state index contributed by atoms with van der Waals surface area (Å²) in [6, 6.07) is 0. The maximum absolute atomic E-state index is 5.32. The van der Waals surface area contributed by atoms with Gasteiger partial charge in [0.25, 0.3) is 12.1 Å². The summed E-state index contributed by atoms with van der Waals surface area (Å²) >= 11 is 0. The maximum atomic E-state index is 5.32. The average Bonchev–Trinajstić information content (AvgIpc) is 2.35. The Morgan fingerprint density at radius 1 is 0.688 bits per heavy atom. The zero-order valence-electron chi connectivity index (χ0n) is 10.9. The maximum Gasteiger partial charge on any atom is 0.291 e. The molecule has 0 aliphatic heterocycles. The Bertz CT molecular complexity index is 184. The fraction of sp³-hybridized carbons (Fsp3) is 0.900. The van der Waals surface area contributed by atoms with Crippen molar-refractivity contribution in [3.05, 3.63) is 6.29 Å². The standard InChI is InChI=1S/C10H21O6/c1-9(13-4,14-5)10(15-6,16-7)8(11-2)12-3/h1-7H3. The first kappa shape index (κ1) is 15.8. The lowest BCUT2D eigenvalue weighted by Crippen LogP contribution is -2.61. The van der Waals surface area contributed by atoms with Crippen LogP contribution >= 0.6 is 0 Å². The van der Waals surface area contributed by atoms with E-state index in [0.717, 1.165) is 0 Å². The lowest BCUT2D eigenvalue weighted by Gasteiger charge is -2.45. The van der Waals surface area contributed by atoms with Gasteiger partial charge >= 0.3 is 0 Å². The fourth-order valence-electron chi connectivity index (χ4n) is 1.51. The first-order chi connectivity index (χ1) is 7.51. The van der Waals surface area contributed by atoms with Crippen molar-refractivity contribution in [1.29, 1.82) is 0 Å². The predicted molar refractivity (Wildman–Crippen MR) is 56.4 cm³/mol. The predicted octanol–water partition coefficient (Wildman–Crippen LogP) is 0.767. The van der Waals surface area contributed by atoms with Gasteiger partial charge in [-0.25, -0.2) is 0 Å². The molecular weight excluding hydrogens is 216 g/mol. The highest BCUT2D eigenvalue weighted by Crippen LogP contribution is 2.39. The summed E-state index contributed by atoms with van der Waals surface area (Å²) in [5.41, 5.74) is 0. The van der Waals surface area contributed by atoms with Crippen LogP contribution < -0.4 is 0 Å². The zero-order valence-corrected chi connectivity index (χ0v) is 10.9. The molecule has 1 radical (unpaired) electrons. The molecule has 0 N–H and O–H groups in total. The minimum atomic E-state index is -1.42. The van der Waals surface area contributed by atoms with Crippen LogP contribution in [-0.2, 0) is 28.4 Å². The van der Waals surface area contributed by atoms with E-state index in [1.165, 1.54) is 42.7 Å². The second-order valence-electron chi connectivity index (χ2n) is 3.07. The highest BCUT2D eigenvalue weighted by Gasteiger charge is 2.59. The van der Waals surface area contributed by atoms with Gasteiger partial charge < -0.3 is 28.4 Å². The summed E-state index contributed by atoms with van der Waals surface area (Å²) in [6.45, 7) is 1.65. The summed E-state index contributed by atoms with van der Waals surface area (Å²) in [6.07, 6.45) is 0.101. The van der Waals surface area contributed by atoms with Gasteiger partial charge in [0.15, 0.2) is 0 Å². The van der Waals surface area contributed by atoms with Crippen LogP contribution in [0.15, 0.2) is 0 Å². The zero-order chi connectivity index (χ0) is 12.8. The van der Waals surface area contributed by atoms with Crippen LogP contribution in [0.5, 0.6) is 0 Å².